The van der Waals surface area contributed by atoms with Gasteiger partial charge in [0.25, 0.3) is 5.56 Å². The molecule has 22 heavy (non-hydrogen) atoms. The SMILES string of the molecule is CCN(C(=O)Cn1c(=O)cnc2ccccc21)C(C)COC. The highest BCUT2D eigenvalue weighted by atomic mass is 16.5. The normalized spacial score (nSPS) is 12.3. The largest absolute Gasteiger partial charge is 0.383 e. The summed E-state index contributed by atoms with van der Waals surface area (Å²) in [5, 5.41) is 0. The Morgan fingerprint density at radius 1 is 1.41 bits per heavy atom. The molecule has 118 valence electrons. The third-order valence-corrected chi connectivity index (χ3v) is 3.65. The van der Waals surface area contributed by atoms with Gasteiger partial charge in [-0.15, -0.1) is 0 Å². The lowest BCUT2D eigenvalue weighted by molar-refractivity contribution is -0.134. The molecule has 0 saturated carbocycles. The molecule has 1 unspecified atom stereocenters. The summed E-state index contributed by atoms with van der Waals surface area (Å²) in [4.78, 5) is 30.4. The molecule has 1 aromatic carbocycles. The van der Waals surface area contributed by atoms with E-state index in [4.69, 9.17) is 4.74 Å². The Morgan fingerprint density at radius 3 is 2.82 bits per heavy atom. The summed E-state index contributed by atoms with van der Waals surface area (Å²) in [5.41, 5.74) is 1.09. The highest BCUT2D eigenvalue weighted by Gasteiger charge is 2.19. The minimum absolute atomic E-state index is 0.00373. The summed E-state index contributed by atoms with van der Waals surface area (Å²) >= 11 is 0. The van der Waals surface area contributed by atoms with Gasteiger partial charge in [-0.1, -0.05) is 12.1 Å². The summed E-state index contributed by atoms with van der Waals surface area (Å²) in [6.07, 6.45) is 1.25. The maximum Gasteiger partial charge on any atom is 0.269 e. The van der Waals surface area contributed by atoms with Crippen molar-refractivity contribution >= 4 is 16.9 Å². The molecule has 2 rings (SSSR count). The first-order valence-electron chi connectivity index (χ1n) is 7.31. The van der Waals surface area contributed by atoms with E-state index in [9.17, 15) is 9.59 Å². The molecule has 0 saturated heterocycles. The molecule has 0 bridgehead atoms. The van der Waals surface area contributed by atoms with Crippen LogP contribution >= 0.6 is 0 Å². The van der Waals surface area contributed by atoms with Crippen LogP contribution in [0.5, 0.6) is 0 Å². The summed E-state index contributed by atoms with van der Waals surface area (Å²) in [6, 6.07) is 7.26. The molecule has 0 radical (unpaired) electrons. The number of benzene rings is 1. The predicted molar refractivity (Wildman–Crippen MR) is 84.7 cm³/mol. The van der Waals surface area contributed by atoms with Crippen LogP contribution in [0.15, 0.2) is 35.3 Å². The van der Waals surface area contributed by atoms with Crippen molar-refractivity contribution in [3.8, 4) is 0 Å². The number of ether oxygens (including phenoxy) is 1. The van der Waals surface area contributed by atoms with Crippen molar-refractivity contribution in [3.63, 3.8) is 0 Å². The third kappa shape index (κ3) is 3.33. The number of rotatable bonds is 6. The molecule has 1 aromatic heterocycles. The zero-order valence-electron chi connectivity index (χ0n) is 13.2. The predicted octanol–water partition coefficient (Wildman–Crippen LogP) is 1.28. The van der Waals surface area contributed by atoms with Crippen LogP contribution in [0.1, 0.15) is 13.8 Å². The van der Waals surface area contributed by atoms with E-state index in [-0.39, 0.29) is 24.1 Å². The van der Waals surface area contributed by atoms with E-state index in [0.29, 0.717) is 24.2 Å². The maximum atomic E-state index is 12.5. The van der Waals surface area contributed by atoms with Crippen LogP contribution in [-0.4, -0.2) is 46.7 Å². The van der Waals surface area contributed by atoms with Gasteiger partial charge in [-0.3, -0.25) is 14.2 Å². The van der Waals surface area contributed by atoms with Crippen molar-refractivity contribution in [3.05, 3.63) is 40.8 Å². The second kappa shape index (κ2) is 7.17. The first-order chi connectivity index (χ1) is 10.6. The number of amides is 1. The van der Waals surface area contributed by atoms with Crippen LogP contribution in [-0.2, 0) is 16.1 Å². The first kappa shape index (κ1) is 16.2. The van der Waals surface area contributed by atoms with Gasteiger partial charge in [0, 0.05) is 13.7 Å². The first-order valence-corrected chi connectivity index (χ1v) is 7.31. The summed E-state index contributed by atoms with van der Waals surface area (Å²) < 4.78 is 6.57. The van der Waals surface area contributed by atoms with Crippen molar-refractivity contribution in [2.45, 2.75) is 26.4 Å². The average Bonchev–Trinajstić information content (AvgIpc) is 2.51. The number of hydrogen-bond donors (Lipinski definition) is 0. The van der Waals surface area contributed by atoms with E-state index in [1.54, 1.807) is 18.1 Å². The molecular formula is C16H21N3O3. The lowest BCUT2D eigenvalue weighted by Crippen LogP contribution is -2.43. The molecule has 6 nitrogen and oxygen atoms in total. The maximum absolute atomic E-state index is 12.5. The van der Waals surface area contributed by atoms with E-state index in [0.717, 1.165) is 0 Å². The van der Waals surface area contributed by atoms with E-state index < -0.39 is 0 Å². The van der Waals surface area contributed by atoms with Crippen LogP contribution in [0.4, 0.5) is 0 Å². The second-order valence-corrected chi connectivity index (χ2v) is 5.16. The van der Waals surface area contributed by atoms with E-state index in [1.807, 2.05) is 32.0 Å². The number of carbonyl (C=O) groups excluding carboxylic acids is 1. The third-order valence-electron chi connectivity index (χ3n) is 3.65. The van der Waals surface area contributed by atoms with Gasteiger partial charge in [0.2, 0.25) is 5.91 Å². The molecule has 0 N–H and O–H groups in total. The number of nitrogens with zero attached hydrogens (tertiary/aromatic N) is 3. The van der Waals surface area contributed by atoms with E-state index >= 15 is 0 Å². The van der Waals surface area contributed by atoms with Gasteiger partial charge < -0.3 is 9.64 Å². The Morgan fingerprint density at radius 2 is 2.14 bits per heavy atom. The van der Waals surface area contributed by atoms with Gasteiger partial charge >= 0.3 is 0 Å². The van der Waals surface area contributed by atoms with Gasteiger partial charge in [-0.25, -0.2) is 4.98 Å². The lowest BCUT2D eigenvalue weighted by atomic mass is 10.2. The highest BCUT2D eigenvalue weighted by Crippen LogP contribution is 2.09. The topological polar surface area (TPSA) is 64.4 Å². The monoisotopic (exact) mass is 303 g/mol. The number of aromatic nitrogens is 2. The summed E-state index contributed by atoms with van der Waals surface area (Å²) in [5.74, 6) is -0.106. The minimum atomic E-state index is -0.275. The zero-order chi connectivity index (χ0) is 16.1. The van der Waals surface area contributed by atoms with Crippen LogP contribution in [0.3, 0.4) is 0 Å². The summed E-state index contributed by atoms with van der Waals surface area (Å²) in [7, 11) is 1.61. The molecule has 0 fully saturated rings. The molecule has 1 atom stereocenters. The molecule has 0 aliphatic rings. The number of likely N-dealkylation sites (N-methyl/N-ethyl adjacent to an activating group) is 1. The minimum Gasteiger partial charge on any atom is -0.383 e. The Kier molecular flexibility index (Phi) is 5.27. The number of fused-ring (bicyclic) bond motifs is 1. The average molecular weight is 303 g/mol. The molecule has 0 aliphatic carbocycles. The second-order valence-electron chi connectivity index (χ2n) is 5.16. The van der Waals surface area contributed by atoms with Gasteiger partial charge in [-0.05, 0) is 26.0 Å². The van der Waals surface area contributed by atoms with Crippen LogP contribution in [0.2, 0.25) is 0 Å². The van der Waals surface area contributed by atoms with Crippen molar-refractivity contribution in [2.75, 3.05) is 20.3 Å². The number of para-hydroxylation sites is 2. The van der Waals surface area contributed by atoms with Crippen LogP contribution in [0, 0.1) is 0 Å². The molecule has 0 aliphatic heterocycles. The fourth-order valence-electron chi connectivity index (χ4n) is 2.57. The van der Waals surface area contributed by atoms with Gasteiger partial charge in [-0.2, -0.15) is 0 Å². The van der Waals surface area contributed by atoms with Crippen LogP contribution in [0.25, 0.3) is 11.0 Å². The zero-order valence-corrected chi connectivity index (χ0v) is 13.2. The standard InChI is InChI=1S/C16H21N3O3/c1-4-18(12(2)11-22-3)16(21)10-19-14-8-6-5-7-13(14)17-9-15(19)20/h5-9,12H,4,10-11H2,1-3H3. The molecule has 6 heteroatoms. The molecule has 0 spiro atoms. The summed E-state index contributed by atoms with van der Waals surface area (Å²) in [6.45, 7) is 4.88. The Bertz CT molecular complexity index is 711. The molecule has 1 heterocycles. The van der Waals surface area contributed by atoms with Gasteiger partial charge in [0.1, 0.15) is 6.54 Å². The fourth-order valence-corrected chi connectivity index (χ4v) is 2.57. The number of methoxy groups -OCH3 is 1. The van der Waals surface area contributed by atoms with E-state index in [1.165, 1.54) is 10.8 Å². The fraction of sp³-hybridized carbons (Fsp3) is 0.438. The van der Waals surface area contributed by atoms with Crippen molar-refractivity contribution in [2.24, 2.45) is 0 Å². The highest BCUT2D eigenvalue weighted by molar-refractivity contribution is 5.80. The Labute approximate surface area is 129 Å². The molecule has 2 aromatic rings. The van der Waals surface area contributed by atoms with Gasteiger partial charge in [0.15, 0.2) is 0 Å². The Hall–Kier alpha value is -2.21. The lowest BCUT2D eigenvalue weighted by Gasteiger charge is -2.28. The van der Waals surface area contributed by atoms with Gasteiger partial charge in [0.05, 0.1) is 29.9 Å². The number of carbonyl (C=O) groups is 1. The van der Waals surface area contributed by atoms with E-state index in [2.05, 4.69) is 4.98 Å². The quantitative estimate of drug-likeness (QED) is 0.806. The van der Waals surface area contributed by atoms with Crippen molar-refractivity contribution in [1.82, 2.24) is 14.5 Å². The smallest absolute Gasteiger partial charge is 0.269 e. The Balaban J connectivity index is 2.32. The van der Waals surface area contributed by atoms with Crippen molar-refractivity contribution in [1.29, 1.82) is 0 Å². The van der Waals surface area contributed by atoms with Crippen molar-refractivity contribution < 1.29 is 9.53 Å². The van der Waals surface area contributed by atoms with Crippen LogP contribution < -0.4 is 5.56 Å². The number of hydrogen-bond acceptors (Lipinski definition) is 4. The molecule has 1 amide bonds. The molecular weight excluding hydrogens is 282 g/mol.